The van der Waals surface area contributed by atoms with Gasteiger partial charge in [-0.3, -0.25) is 4.79 Å². The minimum Gasteiger partial charge on any atom is -0.409 e. The quantitative estimate of drug-likeness (QED) is 0.342. The number of nitrogen functional groups attached to an aromatic ring is 1. The number of nitrogens with one attached hydrogen (secondary N) is 1. The van der Waals surface area contributed by atoms with Crippen molar-refractivity contribution in [3.05, 3.63) is 46.6 Å². The molecule has 3 rings (SSSR count). The van der Waals surface area contributed by atoms with Crippen LogP contribution in [0.25, 0.3) is 21.8 Å². The molecule has 3 aromatic rings. The maximum atomic E-state index is 12.4. The Balaban J connectivity index is 2.63. The predicted molar refractivity (Wildman–Crippen MR) is 71.3 cm³/mol. The highest BCUT2D eigenvalue weighted by atomic mass is 16.6. The Bertz CT molecular complexity index is 808. The topological polar surface area (TPSA) is 94.1 Å². The lowest BCUT2D eigenvalue weighted by Crippen LogP contribution is -2.10. The lowest BCUT2D eigenvalue weighted by Gasteiger charge is -2.08. The average Bonchev–Trinajstić information content (AvgIpc) is 2.39. The van der Waals surface area contributed by atoms with Crippen LogP contribution in [-0.2, 0) is 0 Å². The van der Waals surface area contributed by atoms with E-state index >= 15 is 0 Å². The highest BCUT2D eigenvalue weighted by Gasteiger charge is 2.11. The van der Waals surface area contributed by atoms with Crippen molar-refractivity contribution in [2.75, 3.05) is 5.73 Å². The molecule has 0 aliphatic rings. The number of aromatic amines is 1. The molecule has 18 heavy (non-hydrogen) atoms. The van der Waals surface area contributed by atoms with Crippen LogP contribution in [0.2, 0.25) is 0 Å². The maximum absolute atomic E-state index is 12.4. The summed E-state index contributed by atoms with van der Waals surface area (Å²) in [6, 6.07) is 10.5. The fraction of sp³-hybridized carbons (Fsp3) is 0. The van der Waals surface area contributed by atoms with Crippen LogP contribution >= 0.6 is 0 Å². The smallest absolute Gasteiger partial charge is 0.199 e. The predicted octanol–water partition coefficient (Wildman–Crippen LogP) is 1.52. The molecule has 5 heteroatoms. The van der Waals surface area contributed by atoms with Crippen molar-refractivity contribution < 1.29 is 4.84 Å². The Hall–Kier alpha value is -2.53. The van der Waals surface area contributed by atoms with Crippen molar-refractivity contribution >= 4 is 27.5 Å². The van der Waals surface area contributed by atoms with Crippen molar-refractivity contribution in [3.63, 3.8) is 0 Å². The highest BCUT2D eigenvalue weighted by molar-refractivity contribution is 6.01. The average molecular weight is 241 g/mol. The van der Waals surface area contributed by atoms with Gasteiger partial charge in [0.2, 0.25) is 0 Å². The molecule has 0 atom stereocenters. The summed E-state index contributed by atoms with van der Waals surface area (Å²) in [5.74, 6) is 5.59. The molecule has 1 aromatic heterocycles. The minimum atomic E-state index is -0.129. The lowest BCUT2D eigenvalue weighted by molar-refractivity contribution is 0.338. The maximum Gasteiger partial charge on any atom is 0.199 e. The van der Waals surface area contributed by atoms with E-state index in [9.17, 15) is 4.79 Å². The van der Waals surface area contributed by atoms with E-state index in [-0.39, 0.29) is 5.43 Å². The SMILES string of the molecule is NOc1ccc(N)c2c(=O)c3ccccc3[nH]c12. The molecule has 0 bridgehead atoms. The zero-order valence-corrected chi connectivity index (χ0v) is 9.44. The molecule has 0 radical (unpaired) electrons. The van der Waals surface area contributed by atoms with Crippen molar-refractivity contribution in [1.29, 1.82) is 0 Å². The third kappa shape index (κ3) is 1.34. The van der Waals surface area contributed by atoms with E-state index < -0.39 is 0 Å². The molecule has 0 spiro atoms. The fourth-order valence-corrected chi connectivity index (χ4v) is 2.13. The summed E-state index contributed by atoms with van der Waals surface area (Å²) in [5, 5.41) is 0.988. The van der Waals surface area contributed by atoms with Gasteiger partial charge < -0.3 is 15.6 Å². The third-order valence-electron chi connectivity index (χ3n) is 2.98. The van der Waals surface area contributed by atoms with Gasteiger partial charge in [0.05, 0.1) is 10.9 Å². The summed E-state index contributed by atoms with van der Waals surface area (Å²) >= 11 is 0. The zero-order chi connectivity index (χ0) is 12.7. The van der Waals surface area contributed by atoms with Gasteiger partial charge in [0.15, 0.2) is 11.2 Å². The molecule has 0 unspecified atom stereocenters. The van der Waals surface area contributed by atoms with Gasteiger partial charge in [-0.05, 0) is 24.3 Å². The Morgan fingerprint density at radius 2 is 1.89 bits per heavy atom. The van der Waals surface area contributed by atoms with Crippen LogP contribution in [0.15, 0.2) is 41.2 Å². The largest absolute Gasteiger partial charge is 0.409 e. The Morgan fingerprint density at radius 1 is 1.11 bits per heavy atom. The summed E-state index contributed by atoms with van der Waals surface area (Å²) in [6.07, 6.45) is 0. The van der Waals surface area contributed by atoms with Crippen molar-refractivity contribution in [1.82, 2.24) is 4.98 Å². The Kier molecular flexibility index (Phi) is 2.21. The second-order valence-electron chi connectivity index (χ2n) is 4.02. The number of rotatable bonds is 1. The lowest BCUT2D eigenvalue weighted by atomic mass is 10.1. The summed E-state index contributed by atoms with van der Waals surface area (Å²) in [4.78, 5) is 20.3. The van der Waals surface area contributed by atoms with Crippen molar-refractivity contribution in [3.8, 4) is 5.75 Å². The summed E-state index contributed by atoms with van der Waals surface area (Å²) in [7, 11) is 0. The number of hydrogen-bond acceptors (Lipinski definition) is 4. The number of hydrogen-bond donors (Lipinski definition) is 3. The molecule has 1 heterocycles. The second-order valence-corrected chi connectivity index (χ2v) is 4.02. The monoisotopic (exact) mass is 241 g/mol. The number of aromatic nitrogens is 1. The van der Waals surface area contributed by atoms with Gasteiger partial charge in [0.25, 0.3) is 0 Å². The first-order valence-electron chi connectivity index (χ1n) is 5.42. The minimum absolute atomic E-state index is 0.129. The number of nitrogens with two attached hydrogens (primary N) is 2. The first-order chi connectivity index (χ1) is 8.72. The van der Waals surface area contributed by atoms with E-state index in [1.54, 1.807) is 18.2 Å². The van der Waals surface area contributed by atoms with Crippen LogP contribution < -0.4 is 21.9 Å². The highest BCUT2D eigenvalue weighted by Crippen LogP contribution is 2.27. The number of para-hydroxylation sites is 1. The van der Waals surface area contributed by atoms with Crippen LogP contribution in [0.4, 0.5) is 5.69 Å². The van der Waals surface area contributed by atoms with Gasteiger partial charge >= 0.3 is 0 Å². The van der Waals surface area contributed by atoms with Crippen LogP contribution in [0, 0.1) is 0 Å². The van der Waals surface area contributed by atoms with Gasteiger partial charge in [0, 0.05) is 16.6 Å². The first-order valence-corrected chi connectivity index (χ1v) is 5.42. The van der Waals surface area contributed by atoms with Crippen molar-refractivity contribution in [2.24, 2.45) is 5.90 Å². The van der Waals surface area contributed by atoms with E-state index in [4.69, 9.17) is 16.5 Å². The van der Waals surface area contributed by atoms with Gasteiger partial charge in [-0.15, -0.1) is 0 Å². The van der Waals surface area contributed by atoms with Crippen LogP contribution in [0.1, 0.15) is 0 Å². The molecular weight excluding hydrogens is 230 g/mol. The van der Waals surface area contributed by atoms with E-state index in [1.807, 2.05) is 18.2 Å². The number of benzene rings is 2. The second kappa shape index (κ2) is 3.75. The van der Waals surface area contributed by atoms with Gasteiger partial charge in [-0.1, -0.05) is 12.1 Å². The van der Waals surface area contributed by atoms with Gasteiger partial charge in [0.1, 0.15) is 0 Å². The molecule has 0 saturated carbocycles. The number of pyridine rings is 1. The molecule has 0 aliphatic heterocycles. The number of anilines is 1. The number of fused-ring (bicyclic) bond motifs is 2. The Labute approximate surface area is 102 Å². The molecule has 0 aliphatic carbocycles. The standard InChI is InChI=1S/C13H11N3O2/c14-8-5-6-10(18-15)12-11(8)13(17)7-3-1-2-4-9(7)16-12/h1-6H,14-15H2,(H,16,17). The normalized spacial score (nSPS) is 10.9. The summed E-state index contributed by atoms with van der Waals surface area (Å²) < 4.78 is 0. The molecule has 2 aromatic carbocycles. The molecule has 90 valence electrons. The van der Waals surface area contributed by atoms with E-state index in [0.717, 1.165) is 5.52 Å². The van der Waals surface area contributed by atoms with E-state index in [2.05, 4.69) is 4.98 Å². The first kappa shape index (κ1) is 10.6. The van der Waals surface area contributed by atoms with Crippen LogP contribution in [0.5, 0.6) is 5.75 Å². The molecule has 0 amide bonds. The van der Waals surface area contributed by atoms with E-state index in [1.165, 1.54) is 0 Å². The molecule has 0 fully saturated rings. The number of H-pyrrole nitrogens is 1. The summed E-state index contributed by atoms with van der Waals surface area (Å²) in [6.45, 7) is 0. The van der Waals surface area contributed by atoms with Crippen molar-refractivity contribution in [2.45, 2.75) is 0 Å². The van der Waals surface area contributed by atoms with E-state index in [0.29, 0.717) is 27.7 Å². The van der Waals surface area contributed by atoms with Crippen LogP contribution in [-0.4, -0.2) is 4.98 Å². The summed E-state index contributed by atoms with van der Waals surface area (Å²) in [5.41, 5.74) is 7.36. The van der Waals surface area contributed by atoms with Gasteiger partial charge in [-0.25, -0.2) is 0 Å². The Morgan fingerprint density at radius 3 is 2.67 bits per heavy atom. The molecular formula is C13H11N3O2. The van der Waals surface area contributed by atoms with Gasteiger partial charge in [-0.2, -0.15) is 5.90 Å². The molecule has 5 N–H and O–H groups in total. The van der Waals surface area contributed by atoms with Crippen LogP contribution in [0.3, 0.4) is 0 Å². The fourth-order valence-electron chi connectivity index (χ4n) is 2.13. The molecule has 0 saturated heterocycles. The molecule has 5 nitrogen and oxygen atoms in total. The third-order valence-corrected chi connectivity index (χ3v) is 2.98. The zero-order valence-electron chi connectivity index (χ0n) is 9.44.